The summed E-state index contributed by atoms with van der Waals surface area (Å²) in [4.78, 5) is 0. The lowest BCUT2D eigenvalue weighted by Gasteiger charge is -1.90. The monoisotopic (exact) mass is 208 g/mol. The van der Waals surface area contributed by atoms with Gasteiger partial charge in [-0.15, -0.1) is 6.58 Å². The predicted octanol–water partition coefficient (Wildman–Crippen LogP) is 2.45. The van der Waals surface area contributed by atoms with Crippen LogP contribution in [0, 0.1) is 0 Å². The molecule has 64 valence electrons. The topological polar surface area (TPSA) is 17.1 Å². The summed E-state index contributed by atoms with van der Waals surface area (Å²) in [6, 6.07) is 0. The minimum atomic E-state index is -0.751. The summed E-state index contributed by atoms with van der Waals surface area (Å²) in [6.07, 6.45) is 5.63. The predicted molar refractivity (Wildman–Crippen MR) is 58.3 cm³/mol. The number of hydrogen-bond acceptors (Lipinski definition) is 3. The Morgan fingerprint density at radius 2 is 2.27 bits per heavy atom. The third kappa shape index (κ3) is 8.23. The Bertz CT molecular complexity index is 154. The first kappa shape index (κ1) is 11.3. The van der Waals surface area contributed by atoms with Crippen LogP contribution in [0.4, 0.5) is 0 Å². The van der Waals surface area contributed by atoms with Crippen molar-refractivity contribution < 1.29 is 4.21 Å². The lowest BCUT2D eigenvalue weighted by atomic mass is 10.8. The lowest BCUT2D eigenvalue weighted by molar-refractivity contribution is 0.687. The Labute approximate surface area is 78.6 Å². The Morgan fingerprint density at radius 1 is 1.55 bits per heavy atom. The van der Waals surface area contributed by atoms with Crippen molar-refractivity contribution in [2.75, 3.05) is 17.8 Å². The smallest absolute Gasteiger partial charge is 0.0426 e. The van der Waals surface area contributed by atoms with Gasteiger partial charge in [-0.25, -0.2) is 0 Å². The SMILES string of the molecule is C=CCS(=O)C/C=C\SSC. The molecule has 0 aromatic carbocycles. The van der Waals surface area contributed by atoms with Gasteiger partial charge in [0, 0.05) is 22.3 Å². The van der Waals surface area contributed by atoms with E-state index in [1.54, 1.807) is 27.7 Å². The average Bonchev–Trinajstić information content (AvgIpc) is 1.99. The summed E-state index contributed by atoms with van der Waals surface area (Å²) >= 11 is 0. The second kappa shape index (κ2) is 8.43. The molecule has 0 radical (unpaired) electrons. The van der Waals surface area contributed by atoms with Gasteiger partial charge in [-0.05, 0) is 11.7 Å². The lowest BCUT2D eigenvalue weighted by Crippen LogP contribution is -1.96. The molecule has 1 unspecified atom stereocenters. The fraction of sp³-hybridized carbons (Fsp3) is 0.429. The molecule has 0 spiro atoms. The molecule has 0 saturated carbocycles. The number of hydrogen-bond donors (Lipinski definition) is 0. The van der Waals surface area contributed by atoms with Gasteiger partial charge in [0.05, 0.1) is 0 Å². The zero-order valence-corrected chi connectivity index (χ0v) is 8.94. The molecular formula is C7H12OS3. The number of rotatable bonds is 6. The molecule has 0 saturated heterocycles. The third-order valence-electron chi connectivity index (χ3n) is 0.834. The van der Waals surface area contributed by atoms with Crippen LogP contribution in [0.1, 0.15) is 0 Å². The molecule has 0 heterocycles. The molecule has 0 bridgehead atoms. The van der Waals surface area contributed by atoms with Crippen molar-refractivity contribution in [1.29, 1.82) is 0 Å². The molecule has 0 aromatic heterocycles. The maximum Gasteiger partial charge on any atom is 0.0426 e. The maximum absolute atomic E-state index is 11.0. The first-order chi connectivity index (χ1) is 5.31. The Balaban J connectivity index is 3.36. The van der Waals surface area contributed by atoms with Crippen molar-refractivity contribution in [3.63, 3.8) is 0 Å². The van der Waals surface area contributed by atoms with Gasteiger partial charge in [0.1, 0.15) is 0 Å². The molecule has 0 aliphatic carbocycles. The van der Waals surface area contributed by atoms with Gasteiger partial charge in [-0.1, -0.05) is 33.7 Å². The van der Waals surface area contributed by atoms with Gasteiger partial charge in [0.25, 0.3) is 0 Å². The van der Waals surface area contributed by atoms with Gasteiger partial charge in [-0.3, -0.25) is 4.21 Å². The molecule has 11 heavy (non-hydrogen) atoms. The molecule has 4 heteroatoms. The van der Waals surface area contributed by atoms with Crippen molar-refractivity contribution >= 4 is 32.4 Å². The molecule has 0 rings (SSSR count). The summed E-state index contributed by atoms with van der Waals surface area (Å²) in [6.45, 7) is 3.52. The molecule has 0 N–H and O–H groups in total. The largest absolute Gasteiger partial charge is 0.259 e. The summed E-state index contributed by atoms with van der Waals surface area (Å²) in [7, 11) is 2.57. The summed E-state index contributed by atoms with van der Waals surface area (Å²) in [5.74, 6) is 1.23. The molecule has 0 aliphatic rings. The molecule has 1 nitrogen and oxygen atoms in total. The molecule has 0 aromatic rings. The van der Waals surface area contributed by atoms with Crippen molar-refractivity contribution in [2.24, 2.45) is 0 Å². The van der Waals surface area contributed by atoms with E-state index in [9.17, 15) is 4.21 Å². The van der Waals surface area contributed by atoms with Gasteiger partial charge in [-0.2, -0.15) is 0 Å². The minimum absolute atomic E-state index is 0.592. The van der Waals surface area contributed by atoms with Crippen LogP contribution in [-0.4, -0.2) is 22.0 Å². The molecule has 1 atom stereocenters. The summed E-state index contributed by atoms with van der Waals surface area (Å²) in [5.41, 5.74) is 0. The van der Waals surface area contributed by atoms with E-state index in [1.807, 2.05) is 17.7 Å². The van der Waals surface area contributed by atoms with E-state index in [2.05, 4.69) is 6.58 Å². The van der Waals surface area contributed by atoms with Crippen LogP contribution >= 0.6 is 21.6 Å². The van der Waals surface area contributed by atoms with Gasteiger partial charge in [0.2, 0.25) is 0 Å². The van der Waals surface area contributed by atoms with Crippen molar-refractivity contribution in [3.05, 3.63) is 24.1 Å². The van der Waals surface area contributed by atoms with Crippen molar-refractivity contribution in [1.82, 2.24) is 0 Å². The van der Waals surface area contributed by atoms with E-state index in [0.29, 0.717) is 11.5 Å². The highest BCUT2D eigenvalue weighted by molar-refractivity contribution is 8.77. The van der Waals surface area contributed by atoms with Crippen LogP contribution in [0.5, 0.6) is 0 Å². The molecule has 0 aliphatic heterocycles. The van der Waals surface area contributed by atoms with Crippen LogP contribution in [-0.2, 0) is 10.8 Å². The van der Waals surface area contributed by atoms with Crippen molar-refractivity contribution in [2.45, 2.75) is 0 Å². The van der Waals surface area contributed by atoms with E-state index >= 15 is 0 Å². The van der Waals surface area contributed by atoms with Gasteiger partial charge in [0.15, 0.2) is 0 Å². The Morgan fingerprint density at radius 3 is 2.82 bits per heavy atom. The first-order valence-electron chi connectivity index (χ1n) is 3.11. The Kier molecular flexibility index (Phi) is 8.68. The molecule has 0 fully saturated rings. The molecular weight excluding hydrogens is 196 g/mol. The van der Waals surface area contributed by atoms with Crippen LogP contribution in [0.15, 0.2) is 24.1 Å². The van der Waals surface area contributed by atoms with Crippen LogP contribution in [0.2, 0.25) is 0 Å². The highest BCUT2D eigenvalue weighted by Gasteiger charge is 1.90. The minimum Gasteiger partial charge on any atom is -0.259 e. The van der Waals surface area contributed by atoms with E-state index in [4.69, 9.17) is 0 Å². The quantitative estimate of drug-likeness (QED) is 0.493. The Hall–Kier alpha value is 0.330. The van der Waals surface area contributed by atoms with Crippen LogP contribution < -0.4 is 0 Å². The fourth-order valence-corrected chi connectivity index (χ4v) is 2.13. The fourth-order valence-electron chi connectivity index (χ4n) is 0.441. The van der Waals surface area contributed by atoms with Crippen LogP contribution in [0.3, 0.4) is 0 Å². The van der Waals surface area contributed by atoms with E-state index in [0.717, 1.165) is 0 Å². The van der Waals surface area contributed by atoms with Crippen molar-refractivity contribution in [3.8, 4) is 0 Å². The first-order valence-corrected chi connectivity index (χ1v) is 7.22. The average molecular weight is 208 g/mol. The second-order valence-corrected chi connectivity index (χ2v) is 5.62. The standard InChI is InChI=1S/C7H12OS3/c1-3-6-11(8)7-4-5-10-9-2/h3-5H,1,6-7H2,2H3/b5-4-. The normalized spacial score (nSPS) is 13.5. The highest BCUT2D eigenvalue weighted by atomic mass is 33.1. The zero-order valence-electron chi connectivity index (χ0n) is 6.49. The highest BCUT2D eigenvalue weighted by Crippen LogP contribution is 2.17. The third-order valence-corrected chi connectivity index (χ3v) is 3.41. The van der Waals surface area contributed by atoms with E-state index < -0.39 is 10.8 Å². The van der Waals surface area contributed by atoms with Crippen LogP contribution in [0.25, 0.3) is 0 Å². The van der Waals surface area contributed by atoms with E-state index in [1.165, 1.54) is 0 Å². The van der Waals surface area contributed by atoms with Gasteiger partial charge < -0.3 is 0 Å². The molecule has 0 amide bonds. The summed E-state index contributed by atoms with van der Waals surface area (Å²) in [5, 5.41) is 1.96. The summed E-state index contributed by atoms with van der Waals surface area (Å²) < 4.78 is 11.0. The van der Waals surface area contributed by atoms with E-state index in [-0.39, 0.29) is 0 Å². The second-order valence-electron chi connectivity index (χ2n) is 1.70. The maximum atomic E-state index is 11.0. The van der Waals surface area contributed by atoms with Gasteiger partial charge >= 0.3 is 0 Å². The zero-order chi connectivity index (χ0) is 8.53.